The van der Waals surface area contributed by atoms with E-state index in [1.807, 2.05) is 0 Å². The molecule has 0 saturated heterocycles. The van der Waals surface area contributed by atoms with Crippen LogP contribution in [0.25, 0.3) is 0 Å². The van der Waals surface area contributed by atoms with Crippen LogP contribution in [0, 0.1) is 0 Å². The monoisotopic (exact) mass is 593 g/mol. The molecule has 0 aliphatic rings. The Morgan fingerprint density at radius 2 is 1.39 bits per heavy atom. The molecular formula is C27H36N3O10P. The Bertz CT molecular complexity index is 1200. The zero-order valence-electron chi connectivity index (χ0n) is 22.7. The van der Waals surface area contributed by atoms with Crippen molar-refractivity contribution in [1.82, 2.24) is 16.0 Å². The van der Waals surface area contributed by atoms with Gasteiger partial charge in [-0.2, -0.15) is 0 Å². The van der Waals surface area contributed by atoms with E-state index in [1.165, 1.54) is 24.3 Å². The van der Waals surface area contributed by atoms with Crippen molar-refractivity contribution in [3.63, 3.8) is 0 Å². The average Bonchev–Trinajstić information content (AvgIpc) is 2.90. The number of rotatable bonds is 18. The topological polar surface area (TPSA) is 201 Å². The van der Waals surface area contributed by atoms with Gasteiger partial charge >= 0.3 is 13.8 Å². The van der Waals surface area contributed by atoms with Crippen molar-refractivity contribution in [2.45, 2.75) is 51.0 Å². The first kappa shape index (κ1) is 33.3. The first-order valence-electron chi connectivity index (χ1n) is 13.0. The SMILES string of the molecule is COc1ccc(CC(=O)NCCC(=O)NCCCCCC(=O)N[C@@H](Cc2ccc(OP(=O)(O)O)cc2)C(=O)O)cc1. The normalized spacial score (nSPS) is 11.7. The molecule has 2 rings (SSSR count). The molecule has 0 bridgehead atoms. The molecule has 2 aromatic carbocycles. The molecule has 3 amide bonds. The van der Waals surface area contributed by atoms with Gasteiger partial charge in [0, 0.05) is 32.4 Å². The van der Waals surface area contributed by atoms with Crippen molar-refractivity contribution < 1.29 is 47.9 Å². The van der Waals surface area contributed by atoms with Gasteiger partial charge in [-0.3, -0.25) is 24.2 Å². The molecule has 41 heavy (non-hydrogen) atoms. The van der Waals surface area contributed by atoms with Gasteiger partial charge in [-0.1, -0.05) is 30.7 Å². The van der Waals surface area contributed by atoms with Crippen molar-refractivity contribution in [3.05, 3.63) is 59.7 Å². The second-order valence-corrected chi connectivity index (χ2v) is 10.3. The Morgan fingerprint density at radius 3 is 2.00 bits per heavy atom. The number of amides is 3. The second kappa shape index (κ2) is 17.0. The maximum Gasteiger partial charge on any atom is 0.524 e. The Labute approximate surface area is 237 Å². The third kappa shape index (κ3) is 14.3. The van der Waals surface area contributed by atoms with Gasteiger partial charge in [0.05, 0.1) is 13.5 Å². The number of hydrogen-bond acceptors (Lipinski definition) is 7. The number of carbonyl (C=O) groups excluding carboxylic acids is 3. The molecule has 0 heterocycles. The summed E-state index contributed by atoms with van der Waals surface area (Å²) in [6.07, 6.45) is 2.23. The smallest absolute Gasteiger partial charge is 0.497 e. The number of carboxylic acid groups (broad SMARTS) is 1. The van der Waals surface area contributed by atoms with E-state index in [2.05, 4.69) is 20.5 Å². The average molecular weight is 594 g/mol. The predicted molar refractivity (Wildman–Crippen MR) is 148 cm³/mol. The molecule has 0 aliphatic carbocycles. The molecule has 13 nitrogen and oxygen atoms in total. The lowest BCUT2D eigenvalue weighted by Crippen LogP contribution is -2.42. The highest BCUT2D eigenvalue weighted by Gasteiger charge is 2.21. The van der Waals surface area contributed by atoms with E-state index >= 15 is 0 Å². The summed E-state index contributed by atoms with van der Waals surface area (Å²) in [6.45, 7) is 0.636. The van der Waals surface area contributed by atoms with Gasteiger partial charge in [0.25, 0.3) is 0 Å². The van der Waals surface area contributed by atoms with Crippen LogP contribution in [0.1, 0.15) is 43.2 Å². The van der Waals surface area contributed by atoms with Gasteiger partial charge in [0.2, 0.25) is 17.7 Å². The molecule has 224 valence electrons. The predicted octanol–water partition coefficient (Wildman–Crippen LogP) is 1.70. The van der Waals surface area contributed by atoms with E-state index in [1.54, 1.807) is 31.4 Å². The molecule has 0 aromatic heterocycles. The largest absolute Gasteiger partial charge is 0.524 e. The summed E-state index contributed by atoms with van der Waals surface area (Å²) >= 11 is 0. The highest BCUT2D eigenvalue weighted by molar-refractivity contribution is 7.46. The standard InChI is InChI=1S/C27H36N3O10P/c1-39-21-10-6-20(7-11-21)18-26(33)29-16-14-24(31)28-15-4-2-3-5-25(32)30-23(27(34)35)17-19-8-12-22(13-9-19)40-41(36,37)38/h6-13,23H,2-5,14-18H2,1H3,(H,28,31)(H,29,33)(H,30,32)(H,34,35)(H2,36,37,38)/t23-/m0/s1. The maximum atomic E-state index is 12.2. The minimum atomic E-state index is -4.70. The molecular weight excluding hydrogens is 557 g/mol. The van der Waals surface area contributed by atoms with Gasteiger partial charge < -0.3 is 30.3 Å². The van der Waals surface area contributed by atoms with Gasteiger partial charge in [-0.25, -0.2) is 9.36 Å². The van der Waals surface area contributed by atoms with Crippen LogP contribution < -0.4 is 25.2 Å². The van der Waals surface area contributed by atoms with Crippen molar-refractivity contribution in [2.24, 2.45) is 0 Å². The fourth-order valence-electron chi connectivity index (χ4n) is 3.74. The van der Waals surface area contributed by atoms with Crippen LogP contribution >= 0.6 is 7.82 Å². The fraction of sp³-hybridized carbons (Fsp3) is 0.407. The Balaban J connectivity index is 1.57. The molecule has 1 atom stereocenters. The number of ether oxygens (including phenoxy) is 1. The van der Waals surface area contributed by atoms with E-state index < -0.39 is 25.7 Å². The van der Waals surface area contributed by atoms with Gasteiger partial charge in [0.1, 0.15) is 17.5 Å². The number of nitrogens with one attached hydrogen (secondary N) is 3. The van der Waals surface area contributed by atoms with E-state index in [9.17, 15) is 28.8 Å². The van der Waals surface area contributed by atoms with Crippen LogP contribution in [-0.4, -0.2) is 64.8 Å². The third-order valence-corrected chi connectivity index (χ3v) is 6.27. The quantitative estimate of drug-likeness (QED) is 0.109. The highest BCUT2D eigenvalue weighted by Crippen LogP contribution is 2.37. The van der Waals surface area contributed by atoms with Crippen molar-refractivity contribution in [3.8, 4) is 11.5 Å². The summed E-state index contributed by atoms with van der Waals surface area (Å²) < 4.78 is 20.4. The molecule has 0 radical (unpaired) electrons. The molecule has 2 aromatic rings. The van der Waals surface area contributed by atoms with Crippen LogP contribution in [0.15, 0.2) is 48.5 Å². The van der Waals surface area contributed by atoms with Crippen LogP contribution in [-0.2, 0) is 36.6 Å². The molecule has 6 N–H and O–H groups in total. The third-order valence-electron chi connectivity index (χ3n) is 5.82. The molecule has 0 fully saturated rings. The summed E-state index contributed by atoms with van der Waals surface area (Å²) in [7, 11) is -3.13. The minimum Gasteiger partial charge on any atom is -0.497 e. The lowest BCUT2D eigenvalue weighted by molar-refractivity contribution is -0.141. The summed E-state index contributed by atoms with van der Waals surface area (Å²) in [6, 6.07) is 11.5. The Kier molecular flexibility index (Phi) is 13.8. The molecule has 14 heteroatoms. The summed E-state index contributed by atoms with van der Waals surface area (Å²) in [5.41, 5.74) is 1.37. The van der Waals surface area contributed by atoms with E-state index in [0.29, 0.717) is 37.1 Å². The number of carbonyl (C=O) groups is 4. The summed E-state index contributed by atoms with van der Waals surface area (Å²) in [5.74, 6) is -1.38. The zero-order chi connectivity index (χ0) is 30.3. The van der Waals surface area contributed by atoms with Gasteiger partial charge in [0.15, 0.2) is 0 Å². The van der Waals surface area contributed by atoms with Crippen LogP contribution in [0.2, 0.25) is 0 Å². The number of phosphoric acid groups is 1. The first-order chi connectivity index (χ1) is 19.4. The van der Waals surface area contributed by atoms with Crippen LogP contribution in [0.4, 0.5) is 0 Å². The lowest BCUT2D eigenvalue weighted by atomic mass is 10.1. The van der Waals surface area contributed by atoms with Gasteiger partial charge in [-0.15, -0.1) is 0 Å². The number of carboxylic acids is 1. The maximum absolute atomic E-state index is 12.2. The summed E-state index contributed by atoms with van der Waals surface area (Å²) in [4.78, 5) is 65.5. The van der Waals surface area contributed by atoms with Crippen molar-refractivity contribution >= 4 is 31.5 Å². The Morgan fingerprint density at radius 1 is 0.780 bits per heavy atom. The first-order valence-corrected chi connectivity index (χ1v) is 14.5. The molecule has 0 unspecified atom stereocenters. The van der Waals surface area contributed by atoms with Crippen LogP contribution in [0.3, 0.4) is 0 Å². The number of unbranched alkanes of at least 4 members (excludes halogenated alkanes) is 2. The number of hydrogen-bond donors (Lipinski definition) is 6. The highest BCUT2D eigenvalue weighted by atomic mass is 31.2. The molecule has 0 aliphatic heterocycles. The molecule has 0 saturated carbocycles. The fourth-order valence-corrected chi connectivity index (χ4v) is 4.13. The number of methoxy groups -OCH3 is 1. The van der Waals surface area contributed by atoms with E-state index in [0.717, 1.165) is 5.56 Å². The molecule has 0 spiro atoms. The lowest BCUT2D eigenvalue weighted by Gasteiger charge is -2.15. The number of benzene rings is 2. The number of phosphoric ester groups is 1. The van der Waals surface area contributed by atoms with Gasteiger partial charge in [-0.05, 0) is 48.2 Å². The van der Waals surface area contributed by atoms with Crippen LogP contribution in [0.5, 0.6) is 11.5 Å². The van der Waals surface area contributed by atoms with Crippen molar-refractivity contribution in [2.75, 3.05) is 20.2 Å². The Hall–Kier alpha value is -3.93. The van der Waals surface area contributed by atoms with E-state index in [4.69, 9.17) is 14.5 Å². The minimum absolute atomic E-state index is 0.0226. The second-order valence-electron chi connectivity index (χ2n) is 9.17. The number of aliphatic carboxylic acids is 1. The zero-order valence-corrected chi connectivity index (χ0v) is 23.6. The van der Waals surface area contributed by atoms with E-state index in [-0.39, 0.29) is 49.8 Å². The summed E-state index contributed by atoms with van der Waals surface area (Å²) in [5, 5.41) is 17.4. The van der Waals surface area contributed by atoms with Crippen molar-refractivity contribution in [1.29, 1.82) is 0 Å².